The first kappa shape index (κ1) is 15.0. The van der Waals surface area contributed by atoms with Crippen molar-refractivity contribution in [3.63, 3.8) is 0 Å². The van der Waals surface area contributed by atoms with Gasteiger partial charge < -0.3 is 10.1 Å². The average Bonchev–Trinajstić information content (AvgIpc) is 2.91. The van der Waals surface area contributed by atoms with E-state index in [0.29, 0.717) is 11.4 Å². The number of Topliss-reactive ketones (excluding diaryl/α,β-unsaturated/α-hetero) is 1. The molecule has 1 aliphatic rings. The summed E-state index contributed by atoms with van der Waals surface area (Å²) in [6.45, 7) is 7.89. The second-order valence-corrected chi connectivity index (χ2v) is 5.84. The highest BCUT2D eigenvalue weighted by molar-refractivity contribution is 6.01. The van der Waals surface area contributed by atoms with Crippen LogP contribution in [0.15, 0.2) is 6.20 Å². The Labute approximate surface area is 120 Å². The van der Waals surface area contributed by atoms with E-state index >= 15 is 0 Å². The van der Waals surface area contributed by atoms with Gasteiger partial charge in [0, 0.05) is 18.0 Å². The summed E-state index contributed by atoms with van der Waals surface area (Å²) in [5.41, 5.74) is 0.297. The third-order valence-corrected chi connectivity index (χ3v) is 4.32. The first-order valence-electron chi connectivity index (χ1n) is 7.42. The van der Waals surface area contributed by atoms with Crippen molar-refractivity contribution in [3.8, 4) is 5.75 Å². The van der Waals surface area contributed by atoms with Crippen LogP contribution in [0.4, 0.5) is 0 Å². The van der Waals surface area contributed by atoms with Gasteiger partial charge in [-0.2, -0.15) is 5.10 Å². The lowest BCUT2D eigenvalue weighted by Crippen LogP contribution is -2.46. The second kappa shape index (κ2) is 5.95. The standard InChI is InChI=1S/C15H25N3O2/c1-5-15(7-6-8-16-10-15)14(19)13-12(20-4)9-17-18(13)11(2)3/h9,11,16H,5-8,10H2,1-4H3. The number of carbonyl (C=O) groups excluding carboxylic acids is 1. The molecule has 112 valence electrons. The van der Waals surface area contributed by atoms with Gasteiger partial charge in [0.1, 0.15) is 5.69 Å². The number of nitrogens with zero attached hydrogens (tertiary/aromatic N) is 2. The zero-order chi connectivity index (χ0) is 14.8. The Balaban J connectivity index is 2.43. The molecule has 1 N–H and O–H groups in total. The van der Waals surface area contributed by atoms with Gasteiger partial charge in [-0.3, -0.25) is 9.48 Å². The lowest BCUT2D eigenvalue weighted by Gasteiger charge is -2.35. The molecule has 0 radical (unpaired) electrons. The number of methoxy groups -OCH3 is 1. The lowest BCUT2D eigenvalue weighted by atomic mass is 9.73. The van der Waals surface area contributed by atoms with E-state index in [9.17, 15) is 4.79 Å². The maximum absolute atomic E-state index is 13.1. The van der Waals surface area contributed by atoms with E-state index in [1.807, 2.05) is 13.8 Å². The van der Waals surface area contributed by atoms with Crippen molar-refractivity contribution < 1.29 is 9.53 Å². The molecule has 0 bridgehead atoms. The van der Waals surface area contributed by atoms with E-state index in [-0.39, 0.29) is 17.2 Å². The summed E-state index contributed by atoms with van der Waals surface area (Å²) < 4.78 is 7.14. The smallest absolute Gasteiger partial charge is 0.192 e. The third kappa shape index (κ3) is 2.46. The van der Waals surface area contributed by atoms with E-state index < -0.39 is 0 Å². The molecule has 0 spiro atoms. The van der Waals surface area contributed by atoms with E-state index in [1.165, 1.54) is 0 Å². The van der Waals surface area contributed by atoms with E-state index in [0.717, 1.165) is 32.4 Å². The van der Waals surface area contributed by atoms with Crippen molar-refractivity contribution in [1.29, 1.82) is 0 Å². The molecular formula is C15H25N3O2. The Morgan fingerprint density at radius 3 is 2.85 bits per heavy atom. The SMILES string of the molecule is CCC1(C(=O)c2c(OC)cnn2C(C)C)CCCNC1. The molecule has 1 unspecified atom stereocenters. The number of ether oxygens (including phenoxy) is 1. The molecule has 1 aliphatic heterocycles. The summed E-state index contributed by atoms with van der Waals surface area (Å²) in [5, 5.41) is 7.68. The monoisotopic (exact) mass is 279 g/mol. The summed E-state index contributed by atoms with van der Waals surface area (Å²) in [6.07, 6.45) is 4.46. The van der Waals surface area contributed by atoms with Gasteiger partial charge in [0.15, 0.2) is 11.5 Å². The lowest BCUT2D eigenvalue weighted by molar-refractivity contribution is 0.0712. The minimum absolute atomic E-state index is 0.142. The van der Waals surface area contributed by atoms with Gasteiger partial charge >= 0.3 is 0 Å². The Kier molecular flexibility index (Phi) is 4.48. The Bertz CT molecular complexity index is 473. The summed E-state index contributed by atoms with van der Waals surface area (Å²) >= 11 is 0. The fraction of sp³-hybridized carbons (Fsp3) is 0.733. The highest BCUT2D eigenvalue weighted by Gasteiger charge is 2.41. The molecule has 0 aliphatic carbocycles. The van der Waals surface area contributed by atoms with Crippen LogP contribution in [0.25, 0.3) is 0 Å². The van der Waals surface area contributed by atoms with Gasteiger partial charge in [-0.25, -0.2) is 0 Å². The van der Waals surface area contributed by atoms with Crippen LogP contribution in [0, 0.1) is 5.41 Å². The number of carbonyl (C=O) groups is 1. The van der Waals surface area contributed by atoms with Crippen LogP contribution in [0.1, 0.15) is 56.6 Å². The van der Waals surface area contributed by atoms with Crippen molar-refractivity contribution in [2.45, 2.75) is 46.1 Å². The second-order valence-electron chi connectivity index (χ2n) is 5.84. The molecule has 5 nitrogen and oxygen atoms in total. The number of nitrogens with one attached hydrogen (secondary N) is 1. The first-order valence-corrected chi connectivity index (χ1v) is 7.42. The zero-order valence-electron chi connectivity index (χ0n) is 12.9. The number of hydrogen-bond acceptors (Lipinski definition) is 4. The Hall–Kier alpha value is -1.36. The molecule has 0 amide bonds. The molecule has 1 fully saturated rings. The molecule has 2 heterocycles. The van der Waals surface area contributed by atoms with Crippen molar-refractivity contribution in [2.24, 2.45) is 5.41 Å². The Morgan fingerprint density at radius 2 is 2.35 bits per heavy atom. The maximum Gasteiger partial charge on any atom is 0.192 e. The van der Waals surface area contributed by atoms with E-state index in [2.05, 4.69) is 17.3 Å². The largest absolute Gasteiger partial charge is 0.493 e. The normalized spacial score (nSPS) is 23.1. The highest BCUT2D eigenvalue weighted by Crippen LogP contribution is 2.37. The molecule has 1 atom stereocenters. The molecule has 0 aromatic carbocycles. The quantitative estimate of drug-likeness (QED) is 0.841. The topological polar surface area (TPSA) is 56.1 Å². The summed E-state index contributed by atoms with van der Waals surface area (Å²) in [4.78, 5) is 13.1. The van der Waals surface area contributed by atoms with E-state index in [1.54, 1.807) is 18.0 Å². The molecule has 1 saturated heterocycles. The third-order valence-electron chi connectivity index (χ3n) is 4.32. The van der Waals surface area contributed by atoms with Gasteiger partial charge in [-0.05, 0) is 39.7 Å². The van der Waals surface area contributed by atoms with Gasteiger partial charge in [0.25, 0.3) is 0 Å². The van der Waals surface area contributed by atoms with Gasteiger partial charge in [-0.15, -0.1) is 0 Å². The molecule has 2 rings (SSSR count). The molecule has 0 saturated carbocycles. The minimum Gasteiger partial charge on any atom is -0.493 e. The molecule has 1 aromatic heterocycles. The van der Waals surface area contributed by atoms with Crippen molar-refractivity contribution >= 4 is 5.78 Å². The van der Waals surface area contributed by atoms with Gasteiger partial charge in [0.05, 0.1) is 13.3 Å². The van der Waals surface area contributed by atoms with E-state index in [4.69, 9.17) is 4.74 Å². The zero-order valence-corrected chi connectivity index (χ0v) is 12.9. The predicted molar refractivity (Wildman–Crippen MR) is 78.3 cm³/mol. The molecule has 5 heteroatoms. The predicted octanol–water partition coefficient (Wildman–Crippen LogP) is 2.44. The minimum atomic E-state index is -0.321. The van der Waals surface area contributed by atoms with Crippen LogP contribution < -0.4 is 10.1 Å². The van der Waals surface area contributed by atoms with Crippen LogP contribution in [0.3, 0.4) is 0 Å². The summed E-state index contributed by atoms with van der Waals surface area (Å²) in [7, 11) is 1.59. The number of piperidine rings is 1. The summed E-state index contributed by atoms with van der Waals surface area (Å²) in [5.74, 6) is 0.748. The van der Waals surface area contributed by atoms with Crippen molar-refractivity contribution in [2.75, 3.05) is 20.2 Å². The molecule has 1 aromatic rings. The van der Waals surface area contributed by atoms with Crippen molar-refractivity contribution in [3.05, 3.63) is 11.9 Å². The number of aromatic nitrogens is 2. The van der Waals surface area contributed by atoms with Crippen LogP contribution in [-0.4, -0.2) is 35.8 Å². The van der Waals surface area contributed by atoms with Crippen molar-refractivity contribution in [1.82, 2.24) is 15.1 Å². The number of rotatable bonds is 5. The van der Waals surface area contributed by atoms with Crippen LogP contribution in [-0.2, 0) is 0 Å². The fourth-order valence-electron chi connectivity index (χ4n) is 2.98. The number of hydrogen-bond donors (Lipinski definition) is 1. The first-order chi connectivity index (χ1) is 9.55. The van der Waals surface area contributed by atoms with Crippen LogP contribution >= 0.6 is 0 Å². The van der Waals surface area contributed by atoms with Crippen LogP contribution in [0.5, 0.6) is 5.75 Å². The highest BCUT2D eigenvalue weighted by atomic mass is 16.5. The Morgan fingerprint density at radius 1 is 1.60 bits per heavy atom. The number of ketones is 1. The molecule has 20 heavy (non-hydrogen) atoms. The average molecular weight is 279 g/mol. The van der Waals surface area contributed by atoms with Gasteiger partial charge in [-0.1, -0.05) is 6.92 Å². The molecular weight excluding hydrogens is 254 g/mol. The van der Waals surface area contributed by atoms with Crippen LogP contribution in [0.2, 0.25) is 0 Å². The fourth-order valence-corrected chi connectivity index (χ4v) is 2.98. The summed E-state index contributed by atoms with van der Waals surface area (Å²) in [6, 6.07) is 0.142. The van der Waals surface area contributed by atoms with Gasteiger partial charge in [0.2, 0.25) is 0 Å². The maximum atomic E-state index is 13.1.